The zero-order valence-electron chi connectivity index (χ0n) is 19.7. The molecule has 2 aromatic rings. The largest absolute Gasteiger partial charge is 0.462 e. The predicted molar refractivity (Wildman–Crippen MR) is 130 cm³/mol. The van der Waals surface area contributed by atoms with E-state index < -0.39 is 27.9 Å². The number of sulfonamides is 1. The van der Waals surface area contributed by atoms with E-state index >= 15 is 0 Å². The Bertz CT molecular complexity index is 1170. The molecule has 2 heterocycles. The molecule has 1 unspecified atom stereocenters. The van der Waals surface area contributed by atoms with Crippen LogP contribution in [-0.4, -0.2) is 71.8 Å². The standard InChI is InChI=1S/C23H29BrN4O5S/c1-5-7-19-20(23(30)33-6-2)21(26-16(4)25-19)22(29)27-12-13-28(15(3)14-27)34(31,32)18-10-8-17(24)9-11-18/h8-11,15H,5-7,12-14H2,1-4H3. The SMILES string of the molecule is CCCc1nc(C)nc(C(=O)N2CCN(S(=O)(=O)c3ccc(Br)cc3)C(C)C2)c1C(=O)OCC. The fourth-order valence-corrected chi connectivity index (χ4v) is 5.87. The Morgan fingerprint density at radius 2 is 1.82 bits per heavy atom. The minimum atomic E-state index is -3.72. The van der Waals surface area contributed by atoms with Gasteiger partial charge in [0.25, 0.3) is 5.91 Å². The number of halogens is 1. The molecule has 0 radical (unpaired) electrons. The van der Waals surface area contributed by atoms with Crippen molar-refractivity contribution in [3.8, 4) is 0 Å². The number of esters is 1. The highest BCUT2D eigenvalue weighted by molar-refractivity contribution is 9.10. The van der Waals surface area contributed by atoms with Crippen LogP contribution < -0.4 is 0 Å². The number of hydrogen-bond donors (Lipinski definition) is 0. The average Bonchev–Trinajstić information content (AvgIpc) is 2.78. The van der Waals surface area contributed by atoms with Crippen molar-refractivity contribution in [3.63, 3.8) is 0 Å². The lowest BCUT2D eigenvalue weighted by Crippen LogP contribution is -2.55. The molecule has 1 amide bonds. The number of ether oxygens (including phenoxy) is 1. The molecule has 0 spiro atoms. The summed E-state index contributed by atoms with van der Waals surface area (Å²) in [5.74, 6) is -0.665. The van der Waals surface area contributed by atoms with Crippen LogP contribution in [0.3, 0.4) is 0 Å². The lowest BCUT2D eigenvalue weighted by atomic mass is 10.1. The number of hydrogen-bond acceptors (Lipinski definition) is 7. The fourth-order valence-electron chi connectivity index (χ4n) is 4.00. The maximum atomic E-state index is 13.5. The molecule has 1 saturated heterocycles. The first-order valence-corrected chi connectivity index (χ1v) is 13.4. The summed E-state index contributed by atoms with van der Waals surface area (Å²) >= 11 is 3.32. The van der Waals surface area contributed by atoms with Gasteiger partial charge in [-0.15, -0.1) is 0 Å². The zero-order valence-corrected chi connectivity index (χ0v) is 22.1. The Kier molecular flexibility index (Phi) is 8.43. The van der Waals surface area contributed by atoms with Crippen LogP contribution in [0.15, 0.2) is 33.6 Å². The zero-order chi connectivity index (χ0) is 25.0. The summed E-state index contributed by atoms with van der Waals surface area (Å²) in [6.45, 7) is 7.73. The van der Waals surface area contributed by atoms with Crippen molar-refractivity contribution in [1.29, 1.82) is 0 Å². The van der Waals surface area contributed by atoms with Crippen molar-refractivity contribution >= 4 is 37.8 Å². The summed E-state index contributed by atoms with van der Waals surface area (Å²) < 4.78 is 33.7. The van der Waals surface area contributed by atoms with Crippen molar-refractivity contribution in [2.45, 2.75) is 51.5 Å². The maximum Gasteiger partial charge on any atom is 0.342 e. The number of aromatic nitrogens is 2. The van der Waals surface area contributed by atoms with Crippen LogP contribution in [-0.2, 0) is 21.2 Å². The maximum absolute atomic E-state index is 13.5. The van der Waals surface area contributed by atoms with E-state index in [0.29, 0.717) is 17.9 Å². The molecule has 1 fully saturated rings. The van der Waals surface area contributed by atoms with E-state index in [2.05, 4.69) is 25.9 Å². The third-order valence-corrected chi connectivity index (χ3v) is 8.10. The Labute approximate surface area is 208 Å². The minimum absolute atomic E-state index is 0.00539. The van der Waals surface area contributed by atoms with Crippen LogP contribution in [0.25, 0.3) is 0 Å². The first-order chi connectivity index (χ1) is 16.1. The van der Waals surface area contributed by atoms with E-state index in [9.17, 15) is 18.0 Å². The molecule has 0 bridgehead atoms. The second kappa shape index (κ2) is 10.9. The van der Waals surface area contributed by atoms with E-state index in [1.165, 1.54) is 4.31 Å². The van der Waals surface area contributed by atoms with Gasteiger partial charge >= 0.3 is 5.97 Å². The van der Waals surface area contributed by atoms with Crippen molar-refractivity contribution < 1.29 is 22.7 Å². The molecule has 0 saturated carbocycles. The second-order valence-corrected chi connectivity index (χ2v) is 10.9. The quantitative estimate of drug-likeness (QED) is 0.485. The molecule has 1 atom stereocenters. The van der Waals surface area contributed by atoms with Gasteiger partial charge in [-0.3, -0.25) is 4.79 Å². The molecular formula is C23H29BrN4O5S. The first-order valence-electron chi connectivity index (χ1n) is 11.2. The molecule has 9 nitrogen and oxygen atoms in total. The van der Waals surface area contributed by atoms with Crippen LogP contribution in [0.2, 0.25) is 0 Å². The summed E-state index contributed by atoms with van der Waals surface area (Å²) in [7, 11) is -3.72. The van der Waals surface area contributed by atoms with Crippen LogP contribution in [0, 0.1) is 6.92 Å². The van der Waals surface area contributed by atoms with E-state index in [0.717, 1.165) is 10.9 Å². The minimum Gasteiger partial charge on any atom is -0.462 e. The topological polar surface area (TPSA) is 110 Å². The fraction of sp³-hybridized carbons (Fsp3) is 0.478. The summed E-state index contributed by atoms with van der Waals surface area (Å²) in [6, 6.07) is 6.00. The van der Waals surface area contributed by atoms with Gasteiger partial charge in [0.05, 0.1) is 17.2 Å². The molecule has 1 aromatic carbocycles. The third-order valence-electron chi connectivity index (χ3n) is 5.54. The van der Waals surface area contributed by atoms with Crippen molar-refractivity contribution in [3.05, 3.63) is 51.5 Å². The van der Waals surface area contributed by atoms with Crippen molar-refractivity contribution in [2.24, 2.45) is 0 Å². The Balaban J connectivity index is 1.88. The highest BCUT2D eigenvalue weighted by Crippen LogP contribution is 2.25. The van der Waals surface area contributed by atoms with Gasteiger partial charge in [0, 0.05) is 30.1 Å². The van der Waals surface area contributed by atoms with Gasteiger partial charge < -0.3 is 9.64 Å². The van der Waals surface area contributed by atoms with E-state index in [-0.39, 0.29) is 42.4 Å². The molecular weight excluding hydrogens is 524 g/mol. The molecule has 0 aliphatic carbocycles. The molecule has 0 N–H and O–H groups in total. The van der Waals surface area contributed by atoms with E-state index in [1.54, 1.807) is 49.9 Å². The number of piperazine rings is 1. The highest BCUT2D eigenvalue weighted by Gasteiger charge is 2.37. The van der Waals surface area contributed by atoms with Gasteiger partial charge in [-0.05, 0) is 51.5 Å². The van der Waals surface area contributed by atoms with Gasteiger partial charge in [0.2, 0.25) is 10.0 Å². The van der Waals surface area contributed by atoms with Crippen molar-refractivity contribution in [1.82, 2.24) is 19.2 Å². The Hall–Kier alpha value is -2.37. The third kappa shape index (κ3) is 5.47. The number of carbonyl (C=O) groups excluding carboxylic acids is 2. The molecule has 1 aliphatic heterocycles. The van der Waals surface area contributed by atoms with Crippen LogP contribution in [0.4, 0.5) is 0 Å². The molecule has 3 rings (SSSR count). The summed E-state index contributed by atoms with van der Waals surface area (Å²) in [5.41, 5.74) is 0.587. The Morgan fingerprint density at radius 1 is 1.15 bits per heavy atom. The monoisotopic (exact) mass is 552 g/mol. The number of nitrogens with zero attached hydrogens (tertiary/aromatic N) is 4. The Morgan fingerprint density at radius 3 is 2.41 bits per heavy atom. The summed E-state index contributed by atoms with van der Waals surface area (Å²) in [5, 5.41) is 0. The molecule has 11 heteroatoms. The lowest BCUT2D eigenvalue weighted by molar-refractivity contribution is 0.0508. The molecule has 1 aromatic heterocycles. The summed E-state index contributed by atoms with van der Waals surface area (Å²) in [6.07, 6.45) is 1.24. The number of rotatable bonds is 7. The second-order valence-electron chi connectivity index (χ2n) is 8.08. The van der Waals surface area contributed by atoms with Gasteiger partial charge in [-0.1, -0.05) is 29.3 Å². The van der Waals surface area contributed by atoms with Gasteiger partial charge in [-0.25, -0.2) is 23.2 Å². The first kappa shape index (κ1) is 26.2. The molecule has 184 valence electrons. The number of amides is 1. The number of benzene rings is 1. The molecule has 34 heavy (non-hydrogen) atoms. The highest BCUT2D eigenvalue weighted by atomic mass is 79.9. The van der Waals surface area contributed by atoms with E-state index in [1.807, 2.05) is 6.92 Å². The normalized spacial score (nSPS) is 17.0. The van der Waals surface area contributed by atoms with Crippen molar-refractivity contribution in [2.75, 3.05) is 26.2 Å². The smallest absolute Gasteiger partial charge is 0.342 e. The lowest BCUT2D eigenvalue weighted by Gasteiger charge is -2.39. The van der Waals surface area contributed by atoms with E-state index in [4.69, 9.17) is 4.74 Å². The summed E-state index contributed by atoms with van der Waals surface area (Å²) in [4.78, 5) is 36.6. The van der Waals surface area contributed by atoms with Gasteiger partial charge in [-0.2, -0.15) is 4.31 Å². The molecule has 1 aliphatic rings. The van der Waals surface area contributed by atoms with Gasteiger partial charge in [0.1, 0.15) is 17.1 Å². The number of aryl methyl sites for hydroxylation is 2. The van der Waals surface area contributed by atoms with Crippen LogP contribution in [0.1, 0.15) is 59.6 Å². The number of carbonyl (C=O) groups is 2. The predicted octanol–water partition coefficient (Wildman–Crippen LogP) is 3.21. The van der Waals surface area contributed by atoms with Crippen LogP contribution >= 0.6 is 15.9 Å². The average molecular weight is 553 g/mol. The van der Waals surface area contributed by atoms with Gasteiger partial charge in [0.15, 0.2) is 0 Å². The van der Waals surface area contributed by atoms with Crippen LogP contribution in [0.5, 0.6) is 0 Å².